The van der Waals surface area contributed by atoms with Gasteiger partial charge in [-0.15, -0.1) is 0 Å². The number of fused-ring (bicyclic) bond motifs is 2. The minimum atomic E-state index is -4.78. The Morgan fingerprint density at radius 1 is 0.765 bits per heavy atom. The van der Waals surface area contributed by atoms with E-state index in [0.717, 1.165) is 24.2 Å². The van der Waals surface area contributed by atoms with Gasteiger partial charge in [0.15, 0.2) is 0 Å². The van der Waals surface area contributed by atoms with Crippen molar-refractivity contribution < 1.29 is 15.6 Å². The zero-order valence-corrected chi connectivity index (χ0v) is 36.9. The SMILES string of the molecule is CCC(C)c1cccc2c1C=C(C1CCCCC1)[CH]2[Zr]([Cl])([Cl])([CH]1C(C)=Cc2c(-c3ccc(C45CC6CC(CC(C6)C4)C5)cc3)cccc21)[SiH](C)C. The van der Waals surface area contributed by atoms with Gasteiger partial charge in [-0.2, -0.15) is 0 Å². The van der Waals surface area contributed by atoms with Crippen LogP contribution in [0.2, 0.25) is 13.1 Å². The third-order valence-electron chi connectivity index (χ3n) is 15.7. The predicted molar refractivity (Wildman–Crippen MR) is 221 cm³/mol. The van der Waals surface area contributed by atoms with Crippen molar-refractivity contribution >= 4 is 35.1 Å². The maximum atomic E-state index is 8.80. The molecule has 4 bridgehead atoms. The van der Waals surface area contributed by atoms with Gasteiger partial charge in [0.05, 0.1) is 0 Å². The van der Waals surface area contributed by atoms with E-state index in [2.05, 4.69) is 107 Å². The Morgan fingerprint density at radius 3 is 1.98 bits per heavy atom. The van der Waals surface area contributed by atoms with Crippen LogP contribution in [0.4, 0.5) is 0 Å². The number of benzene rings is 3. The Labute approximate surface area is 317 Å². The van der Waals surface area contributed by atoms with Crippen LogP contribution in [-0.4, -0.2) is 5.92 Å². The number of allylic oxidation sites excluding steroid dienone is 2. The Balaban J connectivity index is 1.13. The Bertz CT molecular complexity index is 1880. The molecule has 0 spiro atoms. The first-order valence-electron chi connectivity index (χ1n) is 20.8. The molecule has 51 heavy (non-hydrogen) atoms. The molecule has 269 valence electrons. The average Bonchev–Trinajstić information content (AvgIpc) is 3.70. The Kier molecular flexibility index (Phi) is 9.02. The molecule has 0 aliphatic heterocycles. The molecule has 3 unspecified atom stereocenters. The van der Waals surface area contributed by atoms with Crippen molar-refractivity contribution in [1.29, 1.82) is 0 Å². The summed E-state index contributed by atoms with van der Waals surface area (Å²) in [7, 11) is 17.6. The van der Waals surface area contributed by atoms with E-state index < -0.39 is 21.5 Å². The average molecular weight is 814 g/mol. The first-order chi connectivity index (χ1) is 24.5. The molecule has 0 radical (unpaired) electrons. The van der Waals surface area contributed by atoms with Gasteiger partial charge >= 0.3 is 320 Å². The molecular formula is C47H59Cl2SiZr. The molecule has 0 N–H and O–H groups in total. The van der Waals surface area contributed by atoms with Gasteiger partial charge in [0.25, 0.3) is 0 Å². The van der Waals surface area contributed by atoms with Gasteiger partial charge < -0.3 is 0 Å². The van der Waals surface area contributed by atoms with E-state index in [4.69, 9.17) is 17.0 Å². The van der Waals surface area contributed by atoms with E-state index in [1.165, 1.54) is 115 Å². The summed E-state index contributed by atoms with van der Waals surface area (Å²) in [5.74, 6) is 2.44. The molecule has 3 atom stereocenters. The molecule has 0 saturated heterocycles. The summed E-state index contributed by atoms with van der Waals surface area (Å²) >= 11 is -4.78. The van der Waals surface area contributed by atoms with Crippen LogP contribution < -0.4 is 0 Å². The summed E-state index contributed by atoms with van der Waals surface area (Å²) in [6.07, 6.45) is 21.6. The van der Waals surface area contributed by atoms with E-state index in [9.17, 15) is 0 Å². The summed E-state index contributed by atoms with van der Waals surface area (Å²) in [5, 5.41) is 0. The standard InChI is InChI=1S/C26H27.C19H25.C2H7Si.2ClH.Zr/c1-17-9-22-3-2-4-24(25(22)10-17)21-5-7-23(8-6-21)26-14-18-11-19(15-26)13-20(12-18)16-26;1-3-14(2)18-11-7-10-16-12-17(13-19(16)18)15-8-5-4-6-9-15;1-3-2;;;/h2-10,18-20H,11-16H2,1H3;7,10-15H,3-6,8-9H2,1-2H3;3H,1-2H3;2*1H;/q;;;;;+2/p-2. The molecule has 5 fully saturated rings. The topological polar surface area (TPSA) is 0 Å². The van der Waals surface area contributed by atoms with Gasteiger partial charge in [-0.05, 0) is 0 Å². The summed E-state index contributed by atoms with van der Waals surface area (Å²) in [5.41, 5.74) is 15.0. The molecule has 4 heteroatoms. The fourth-order valence-corrected chi connectivity index (χ4v) is 45.3. The molecule has 7 aliphatic carbocycles. The van der Waals surface area contributed by atoms with Crippen LogP contribution in [0.3, 0.4) is 0 Å². The third-order valence-corrected chi connectivity index (χ3v) is 67.6. The van der Waals surface area contributed by atoms with Crippen molar-refractivity contribution in [3.8, 4) is 11.1 Å². The summed E-state index contributed by atoms with van der Waals surface area (Å²) in [6.45, 7) is 12.1. The maximum absolute atomic E-state index is 8.80. The fraction of sp³-hybridized carbons (Fsp3) is 0.532. The van der Waals surface area contributed by atoms with E-state index >= 15 is 0 Å². The zero-order valence-electron chi connectivity index (χ0n) is 31.8. The molecule has 0 aromatic heterocycles. The van der Waals surface area contributed by atoms with E-state index in [0.29, 0.717) is 17.3 Å². The Morgan fingerprint density at radius 2 is 1.37 bits per heavy atom. The fourth-order valence-electron chi connectivity index (χ4n) is 13.3. The van der Waals surface area contributed by atoms with Crippen molar-refractivity contribution in [2.75, 3.05) is 0 Å². The molecule has 3 aromatic carbocycles. The molecular weight excluding hydrogens is 755 g/mol. The molecule has 0 nitrogen and oxygen atoms in total. The van der Waals surface area contributed by atoms with Gasteiger partial charge in [-0.25, -0.2) is 0 Å². The summed E-state index contributed by atoms with van der Waals surface area (Å²) in [6, 6.07) is 24.2. The molecule has 7 aliphatic rings. The predicted octanol–water partition coefficient (Wildman–Crippen LogP) is 14.5. The second-order valence-electron chi connectivity index (χ2n) is 18.9. The van der Waals surface area contributed by atoms with E-state index in [-0.39, 0.29) is 7.25 Å². The van der Waals surface area contributed by atoms with E-state index in [1.54, 1.807) is 11.1 Å². The van der Waals surface area contributed by atoms with Crippen molar-refractivity contribution in [3.05, 3.63) is 105 Å². The number of hydrogen-bond acceptors (Lipinski definition) is 0. The molecule has 0 heterocycles. The van der Waals surface area contributed by atoms with Crippen LogP contribution >= 0.6 is 17.0 Å². The molecule has 3 aromatic rings. The third kappa shape index (κ3) is 5.47. The number of rotatable bonds is 8. The van der Waals surface area contributed by atoms with Gasteiger partial charge in [-0.1, -0.05) is 0 Å². The second-order valence-corrected chi connectivity index (χ2v) is 61.4. The van der Waals surface area contributed by atoms with E-state index in [1.807, 2.05) is 0 Å². The first kappa shape index (κ1) is 35.5. The summed E-state index contributed by atoms with van der Waals surface area (Å²) in [4.78, 5) is 0. The van der Waals surface area contributed by atoms with Gasteiger partial charge in [0.2, 0.25) is 0 Å². The van der Waals surface area contributed by atoms with Gasteiger partial charge in [-0.3, -0.25) is 0 Å². The quantitative estimate of drug-likeness (QED) is 0.199. The van der Waals surface area contributed by atoms with Crippen LogP contribution in [0, 0.1) is 23.7 Å². The van der Waals surface area contributed by atoms with Gasteiger partial charge in [0, 0.05) is 0 Å². The monoisotopic (exact) mass is 811 g/mol. The van der Waals surface area contributed by atoms with Crippen molar-refractivity contribution in [1.82, 2.24) is 0 Å². The van der Waals surface area contributed by atoms with Crippen LogP contribution in [0.5, 0.6) is 0 Å². The zero-order chi connectivity index (χ0) is 35.3. The first-order valence-corrected chi connectivity index (χ1v) is 37.2. The molecule has 0 amide bonds. The van der Waals surface area contributed by atoms with Crippen LogP contribution in [0.15, 0.2) is 71.8 Å². The normalized spacial score (nSPS) is 31.2. The molecule has 5 saturated carbocycles. The number of halogens is 2. The van der Waals surface area contributed by atoms with Crippen molar-refractivity contribution in [2.45, 2.75) is 129 Å². The van der Waals surface area contributed by atoms with Gasteiger partial charge in [0.1, 0.15) is 0 Å². The number of hydrogen-bond donors (Lipinski definition) is 0. The van der Waals surface area contributed by atoms with Crippen LogP contribution in [0.25, 0.3) is 23.3 Å². The van der Waals surface area contributed by atoms with Crippen molar-refractivity contribution in [3.63, 3.8) is 0 Å². The Hall–Kier alpha value is -1.18. The van der Waals surface area contributed by atoms with Crippen LogP contribution in [0.1, 0.15) is 144 Å². The van der Waals surface area contributed by atoms with Crippen molar-refractivity contribution in [2.24, 2.45) is 23.7 Å². The molecule has 10 rings (SSSR count). The van der Waals surface area contributed by atoms with Crippen LogP contribution in [-0.2, 0) is 21.0 Å². The second kappa shape index (κ2) is 13.0. The minimum absolute atomic E-state index is 0.151. The summed E-state index contributed by atoms with van der Waals surface area (Å²) < 4.78 is 0.351.